The van der Waals surface area contributed by atoms with E-state index in [-0.39, 0.29) is 36.0 Å². The van der Waals surface area contributed by atoms with Crippen LogP contribution in [0.2, 0.25) is 0 Å². The molecule has 2 saturated heterocycles. The summed E-state index contributed by atoms with van der Waals surface area (Å²) in [6, 6.07) is 16.6. The van der Waals surface area contributed by atoms with Crippen molar-refractivity contribution >= 4 is 17.6 Å². The zero-order valence-electron chi connectivity index (χ0n) is 20.9. The molecule has 2 heterocycles. The topological polar surface area (TPSA) is 88.7 Å². The standard InChI is InChI=1S/C28H37N3O4/c1-28(2,3)35-27(33)20-9-11-21(12-10-20)31-26(32)25-24(19-7-5-4-6-8-19)17-23(18-30-25)34-22-13-15-29-16-14-22/h4-12,22-25,29-30H,13-18H2,1-3H3,(H,31,32). The summed E-state index contributed by atoms with van der Waals surface area (Å²) in [5.74, 6) is -0.477. The van der Waals surface area contributed by atoms with Crippen LogP contribution in [0.3, 0.4) is 0 Å². The minimum atomic E-state index is -0.557. The number of anilines is 1. The van der Waals surface area contributed by atoms with Crippen molar-refractivity contribution in [2.24, 2.45) is 0 Å². The number of benzene rings is 2. The predicted octanol–water partition coefficient (Wildman–Crippen LogP) is 3.86. The molecule has 2 fully saturated rings. The van der Waals surface area contributed by atoms with E-state index in [1.54, 1.807) is 24.3 Å². The van der Waals surface area contributed by atoms with Crippen LogP contribution in [0.5, 0.6) is 0 Å². The van der Waals surface area contributed by atoms with Gasteiger partial charge in [0.2, 0.25) is 5.91 Å². The quantitative estimate of drug-likeness (QED) is 0.545. The summed E-state index contributed by atoms with van der Waals surface area (Å²) >= 11 is 0. The Morgan fingerprint density at radius 1 is 0.943 bits per heavy atom. The number of carbonyl (C=O) groups excluding carboxylic acids is 2. The van der Waals surface area contributed by atoms with E-state index in [0.717, 1.165) is 37.9 Å². The van der Waals surface area contributed by atoms with Gasteiger partial charge in [0, 0.05) is 18.2 Å². The third kappa shape index (κ3) is 7.13. The average Bonchev–Trinajstić information content (AvgIpc) is 2.84. The molecule has 35 heavy (non-hydrogen) atoms. The molecule has 0 bridgehead atoms. The van der Waals surface area contributed by atoms with Crippen LogP contribution in [0, 0.1) is 0 Å². The first-order valence-electron chi connectivity index (χ1n) is 12.6. The van der Waals surface area contributed by atoms with Crippen molar-refractivity contribution in [3.8, 4) is 0 Å². The summed E-state index contributed by atoms with van der Waals surface area (Å²) in [6.45, 7) is 8.13. The van der Waals surface area contributed by atoms with Crippen molar-refractivity contribution in [2.45, 2.75) is 69.8 Å². The van der Waals surface area contributed by atoms with Gasteiger partial charge in [-0.2, -0.15) is 0 Å². The monoisotopic (exact) mass is 479 g/mol. The molecule has 3 unspecified atom stereocenters. The van der Waals surface area contributed by atoms with Crippen LogP contribution < -0.4 is 16.0 Å². The Morgan fingerprint density at radius 3 is 2.29 bits per heavy atom. The van der Waals surface area contributed by atoms with Gasteiger partial charge in [-0.15, -0.1) is 0 Å². The number of ether oxygens (including phenoxy) is 2. The maximum atomic E-state index is 13.3. The van der Waals surface area contributed by atoms with Gasteiger partial charge >= 0.3 is 5.97 Å². The molecule has 4 rings (SSSR count). The number of carbonyl (C=O) groups is 2. The normalized spacial score (nSPS) is 23.5. The first kappa shape index (κ1) is 25.4. The molecule has 2 aliphatic rings. The van der Waals surface area contributed by atoms with Crippen LogP contribution >= 0.6 is 0 Å². The lowest BCUT2D eigenvalue weighted by molar-refractivity contribution is -0.120. The highest BCUT2D eigenvalue weighted by Crippen LogP contribution is 2.31. The van der Waals surface area contributed by atoms with Crippen molar-refractivity contribution in [1.29, 1.82) is 0 Å². The zero-order chi connectivity index (χ0) is 24.8. The third-order valence-electron chi connectivity index (χ3n) is 6.45. The van der Waals surface area contributed by atoms with Crippen LogP contribution in [0.25, 0.3) is 0 Å². The van der Waals surface area contributed by atoms with E-state index in [4.69, 9.17) is 9.47 Å². The van der Waals surface area contributed by atoms with Crippen molar-refractivity contribution in [1.82, 2.24) is 10.6 Å². The molecular weight excluding hydrogens is 442 g/mol. The second-order valence-corrected chi connectivity index (χ2v) is 10.4. The molecule has 3 atom stereocenters. The van der Waals surface area contributed by atoms with E-state index in [9.17, 15) is 9.59 Å². The molecule has 0 spiro atoms. The average molecular weight is 480 g/mol. The molecule has 0 aliphatic carbocycles. The summed E-state index contributed by atoms with van der Waals surface area (Å²) < 4.78 is 11.8. The van der Waals surface area contributed by atoms with Crippen molar-refractivity contribution in [2.75, 3.05) is 25.0 Å². The summed E-state index contributed by atoms with van der Waals surface area (Å²) in [6.07, 6.45) is 3.18. The molecule has 7 nitrogen and oxygen atoms in total. The minimum absolute atomic E-state index is 0.00213. The first-order chi connectivity index (χ1) is 16.8. The number of hydrogen-bond donors (Lipinski definition) is 3. The summed E-state index contributed by atoms with van der Waals surface area (Å²) in [5, 5.41) is 9.85. The van der Waals surface area contributed by atoms with Crippen LogP contribution in [-0.2, 0) is 14.3 Å². The number of amides is 1. The summed E-state index contributed by atoms with van der Waals surface area (Å²) in [5.41, 5.74) is 1.66. The lowest BCUT2D eigenvalue weighted by Gasteiger charge is -2.38. The van der Waals surface area contributed by atoms with Gasteiger partial charge in [0.1, 0.15) is 5.60 Å². The highest BCUT2D eigenvalue weighted by atomic mass is 16.6. The highest BCUT2D eigenvalue weighted by Gasteiger charge is 2.37. The maximum absolute atomic E-state index is 13.3. The number of rotatable bonds is 6. The van der Waals surface area contributed by atoms with Crippen LogP contribution in [-0.4, -0.2) is 55.4 Å². The van der Waals surface area contributed by atoms with E-state index >= 15 is 0 Å². The largest absolute Gasteiger partial charge is 0.456 e. The SMILES string of the molecule is CC(C)(C)OC(=O)c1ccc(NC(=O)C2NCC(OC3CCNCC3)CC2c2ccccc2)cc1. The zero-order valence-corrected chi connectivity index (χ0v) is 20.9. The number of nitrogens with one attached hydrogen (secondary N) is 3. The van der Waals surface area contributed by atoms with Gasteiger partial charge in [0.15, 0.2) is 0 Å². The van der Waals surface area contributed by atoms with Gasteiger partial charge < -0.3 is 25.4 Å². The van der Waals surface area contributed by atoms with Crippen molar-refractivity contribution in [3.05, 3.63) is 65.7 Å². The highest BCUT2D eigenvalue weighted by molar-refractivity contribution is 5.96. The molecule has 2 aromatic carbocycles. The fourth-order valence-corrected chi connectivity index (χ4v) is 4.76. The van der Waals surface area contributed by atoms with Gasteiger partial charge in [0.25, 0.3) is 0 Å². The Balaban J connectivity index is 1.42. The Kier molecular flexibility index (Phi) is 8.21. The Morgan fingerprint density at radius 2 is 1.63 bits per heavy atom. The minimum Gasteiger partial charge on any atom is -0.456 e. The molecule has 7 heteroatoms. The molecular formula is C28H37N3O4. The Labute approximate surface area is 208 Å². The Hall–Kier alpha value is -2.74. The van der Waals surface area contributed by atoms with Crippen molar-refractivity contribution < 1.29 is 19.1 Å². The van der Waals surface area contributed by atoms with Gasteiger partial charge in [-0.05, 0) is 83.0 Å². The van der Waals surface area contributed by atoms with E-state index < -0.39 is 5.60 Å². The molecule has 0 radical (unpaired) electrons. The van der Waals surface area contributed by atoms with Crippen LogP contribution in [0.15, 0.2) is 54.6 Å². The molecule has 0 aromatic heterocycles. The fourth-order valence-electron chi connectivity index (χ4n) is 4.76. The molecule has 1 amide bonds. The maximum Gasteiger partial charge on any atom is 0.338 e. The van der Waals surface area contributed by atoms with E-state index in [2.05, 4.69) is 28.1 Å². The first-order valence-corrected chi connectivity index (χ1v) is 12.6. The van der Waals surface area contributed by atoms with Crippen LogP contribution in [0.4, 0.5) is 5.69 Å². The number of hydrogen-bond acceptors (Lipinski definition) is 6. The van der Waals surface area contributed by atoms with E-state index in [0.29, 0.717) is 17.8 Å². The second kappa shape index (κ2) is 11.3. The fraction of sp³-hybridized carbons (Fsp3) is 0.500. The number of piperidine rings is 2. The molecule has 2 aromatic rings. The summed E-state index contributed by atoms with van der Waals surface area (Å²) in [7, 11) is 0. The number of esters is 1. The third-order valence-corrected chi connectivity index (χ3v) is 6.45. The van der Waals surface area contributed by atoms with E-state index in [1.807, 2.05) is 39.0 Å². The molecule has 2 aliphatic heterocycles. The van der Waals surface area contributed by atoms with Crippen LogP contribution in [0.1, 0.15) is 61.9 Å². The van der Waals surface area contributed by atoms with Crippen molar-refractivity contribution in [3.63, 3.8) is 0 Å². The lowest BCUT2D eigenvalue weighted by Crippen LogP contribution is -2.54. The van der Waals surface area contributed by atoms with Gasteiger partial charge in [-0.1, -0.05) is 30.3 Å². The Bertz CT molecular complexity index is 982. The smallest absolute Gasteiger partial charge is 0.338 e. The lowest BCUT2D eigenvalue weighted by atomic mass is 9.83. The predicted molar refractivity (Wildman–Crippen MR) is 137 cm³/mol. The second-order valence-electron chi connectivity index (χ2n) is 10.4. The molecule has 0 saturated carbocycles. The van der Waals surface area contributed by atoms with Gasteiger partial charge in [-0.3, -0.25) is 4.79 Å². The molecule has 188 valence electrons. The molecule has 3 N–H and O–H groups in total. The van der Waals surface area contributed by atoms with E-state index in [1.165, 1.54) is 0 Å². The summed E-state index contributed by atoms with van der Waals surface area (Å²) in [4.78, 5) is 25.6. The van der Waals surface area contributed by atoms with Gasteiger partial charge in [-0.25, -0.2) is 4.79 Å². The van der Waals surface area contributed by atoms with Gasteiger partial charge in [0.05, 0.1) is 23.8 Å².